The lowest BCUT2D eigenvalue weighted by atomic mass is 9.86. The lowest BCUT2D eigenvalue weighted by Gasteiger charge is -2.44. The van der Waals surface area contributed by atoms with Crippen molar-refractivity contribution in [3.8, 4) is 11.5 Å². The Kier molecular flexibility index (Phi) is 14.1. The highest BCUT2D eigenvalue weighted by Crippen LogP contribution is 2.36. The van der Waals surface area contributed by atoms with Crippen LogP contribution < -0.4 is 19.1 Å². The fourth-order valence-electron chi connectivity index (χ4n) is 6.64. The molecule has 1 aromatic heterocycles. The molecule has 0 spiro atoms. The monoisotopic (exact) mass is 801 g/mol. The maximum absolute atomic E-state index is 13.7. The van der Waals surface area contributed by atoms with Crippen LogP contribution in [0.3, 0.4) is 0 Å². The summed E-state index contributed by atoms with van der Waals surface area (Å²) in [4.78, 5) is 39.2. The van der Waals surface area contributed by atoms with Gasteiger partial charge in [-0.15, -0.1) is 0 Å². The maximum atomic E-state index is 13.7. The molecule has 4 heterocycles. The smallest absolute Gasteiger partial charge is 0.414 e. The molecule has 2 bridgehead atoms. The van der Waals surface area contributed by atoms with E-state index in [2.05, 4.69) is 4.90 Å². The van der Waals surface area contributed by atoms with E-state index in [0.717, 1.165) is 38.3 Å². The number of amides is 1. The van der Waals surface area contributed by atoms with E-state index in [-0.39, 0.29) is 58.3 Å². The summed E-state index contributed by atoms with van der Waals surface area (Å²) in [6, 6.07) is 17.1. The van der Waals surface area contributed by atoms with Gasteiger partial charge in [0, 0.05) is 29.8 Å². The molecule has 3 aromatic carbocycles. The van der Waals surface area contributed by atoms with E-state index in [4.69, 9.17) is 52.1 Å². The zero-order valence-electron chi connectivity index (χ0n) is 29.9. The van der Waals surface area contributed by atoms with E-state index in [1.165, 1.54) is 37.3 Å². The van der Waals surface area contributed by atoms with E-state index >= 15 is 0 Å². The van der Waals surface area contributed by atoms with Crippen molar-refractivity contribution >= 4 is 47.4 Å². The molecule has 292 valence electrons. The number of nitrogens with zero attached hydrogens (tertiary/aromatic N) is 3. The summed E-state index contributed by atoms with van der Waals surface area (Å²) in [6.07, 6.45) is -0.312. The van der Waals surface area contributed by atoms with Crippen molar-refractivity contribution < 1.29 is 51.9 Å². The largest absolute Gasteiger partial charge is 0.619 e. The van der Waals surface area contributed by atoms with Crippen LogP contribution in [0.2, 0.25) is 10.0 Å². The first kappa shape index (κ1) is 41.0. The Labute approximate surface area is 326 Å². The van der Waals surface area contributed by atoms with Crippen LogP contribution in [0.15, 0.2) is 79.1 Å². The number of carboxylic acid groups (broad SMARTS) is 1. The molecule has 0 unspecified atom stereocenters. The molecular weight excluding hydrogens is 763 g/mol. The first-order valence-corrected chi connectivity index (χ1v) is 17.9. The number of benzene rings is 3. The number of methoxy groups -OCH3 is 2. The molecule has 3 saturated heterocycles. The van der Waals surface area contributed by atoms with Gasteiger partial charge in [0.1, 0.15) is 22.3 Å². The van der Waals surface area contributed by atoms with Gasteiger partial charge >= 0.3 is 12.1 Å². The minimum absolute atomic E-state index is 0.000933. The van der Waals surface area contributed by atoms with E-state index < -0.39 is 24.6 Å². The number of halogens is 4. The summed E-state index contributed by atoms with van der Waals surface area (Å²) in [7, 11) is 2.98. The van der Waals surface area contributed by atoms with E-state index in [1.807, 2.05) is 0 Å². The molecular formula is C39H39Cl2F2N3O9. The van der Waals surface area contributed by atoms with Crippen molar-refractivity contribution in [2.45, 2.75) is 44.4 Å². The Morgan fingerprint density at radius 1 is 0.982 bits per heavy atom. The highest BCUT2D eigenvalue weighted by molar-refractivity contribution is 6.35. The zero-order chi connectivity index (χ0) is 39.6. The van der Waals surface area contributed by atoms with Gasteiger partial charge in [0.05, 0.1) is 26.3 Å². The van der Waals surface area contributed by atoms with Gasteiger partial charge < -0.3 is 29.3 Å². The number of fused-ring (bicyclic) bond motifs is 3. The standard InChI is InChI=1S/C38H37Cl2F2N3O7.CH2O2/c1-49-32-11-10-26(17-34(32)50-2)33(18-29-30(39)20-44(48)21-31(29)40)51-37(46)25-8-6-23(7-9-25)19-45(28-5-3-4-27(16-28)36(41)42)38(47)52-35-22-43-14-12-24(35)13-15-43;2-1-3/h3-11,16-17,20-21,24,33,35-36H,12-15,18-19,22H2,1-2H3;1H,(H,2,3)/t33-,35-;/m0./s1. The van der Waals surface area contributed by atoms with E-state index in [9.17, 15) is 23.6 Å². The lowest BCUT2D eigenvalue weighted by Crippen LogP contribution is -2.53. The number of pyridine rings is 1. The van der Waals surface area contributed by atoms with Crippen molar-refractivity contribution in [2.24, 2.45) is 5.92 Å². The number of esters is 1. The normalized spacial score (nSPS) is 17.7. The number of carbonyl (C=O) groups is 3. The number of ether oxygens (including phenoxy) is 4. The molecule has 55 heavy (non-hydrogen) atoms. The average molecular weight is 803 g/mol. The molecule has 7 rings (SSSR count). The number of hydrogen-bond donors (Lipinski definition) is 1. The molecule has 0 saturated carbocycles. The molecule has 4 aromatic rings. The number of piperidine rings is 3. The van der Waals surface area contributed by atoms with Gasteiger partial charge in [0.15, 0.2) is 23.9 Å². The number of alkyl halides is 2. The number of hydrogen-bond acceptors (Lipinski definition) is 9. The van der Waals surface area contributed by atoms with Crippen LogP contribution in [0.5, 0.6) is 11.5 Å². The predicted molar refractivity (Wildman–Crippen MR) is 199 cm³/mol. The molecule has 0 radical (unpaired) electrons. The molecule has 3 aliphatic rings. The molecule has 1 N–H and O–H groups in total. The van der Waals surface area contributed by atoms with Crippen LogP contribution in [0.4, 0.5) is 19.3 Å². The van der Waals surface area contributed by atoms with Gasteiger partial charge in [-0.3, -0.25) is 14.6 Å². The Morgan fingerprint density at radius 3 is 2.22 bits per heavy atom. The van der Waals surface area contributed by atoms with Crippen LogP contribution >= 0.6 is 23.2 Å². The number of rotatable bonds is 12. The number of aromatic nitrogens is 1. The van der Waals surface area contributed by atoms with Crippen LogP contribution in [0.25, 0.3) is 0 Å². The summed E-state index contributed by atoms with van der Waals surface area (Å²) in [5.74, 6) is 0.464. The number of carbonyl (C=O) groups excluding carboxylic acids is 2. The lowest BCUT2D eigenvalue weighted by molar-refractivity contribution is -0.605. The van der Waals surface area contributed by atoms with Crippen LogP contribution in [-0.4, -0.2) is 68.5 Å². The Bertz CT molecular complexity index is 1940. The van der Waals surface area contributed by atoms with Gasteiger partial charge in [-0.2, -0.15) is 4.73 Å². The second kappa shape index (κ2) is 18.9. The molecule has 16 heteroatoms. The Morgan fingerprint density at radius 2 is 1.64 bits per heavy atom. The minimum atomic E-state index is -2.72. The Hall–Kier alpha value is -5.18. The summed E-state index contributed by atoms with van der Waals surface area (Å²) >= 11 is 12.8. The summed E-state index contributed by atoms with van der Waals surface area (Å²) in [6.45, 7) is 2.33. The van der Waals surface area contributed by atoms with Crippen molar-refractivity contribution in [3.05, 3.63) is 122 Å². The highest BCUT2D eigenvalue weighted by atomic mass is 35.5. The zero-order valence-corrected chi connectivity index (χ0v) is 31.4. The molecule has 3 aliphatic heterocycles. The summed E-state index contributed by atoms with van der Waals surface area (Å²) in [5, 5.41) is 19.0. The fraction of sp³-hybridized carbons (Fsp3) is 0.333. The fourth-order valence-corrected chi connectivity index (χ4v) is 7.24. The first-order chi connectivity index (χ1) is 26.4. The minimum Gasteiger partial charge on any atom is -0.619 e. The third kappa shape index (κ3) is 10.3. The van der Waals surface area contributed by atoms with Crippen molar-refractivity contribution in [3.63, 3.8) is 0 Å². The van der Waals surface area contributed by atoms with Crippen LogP contribution in [0, 0.1) is 11.1 Å². The third-order valence-corrected chi connectivity index (χ3v) is 10.2. The first-order valence-electron chi connectivity index (χ1n) is 17.2. The van der Waals surface area contributed by atoms with Crippen molar-refractivity contribution in [1.29, 1.82) is 0 Å². The predicted octanol–water partition coefficient (Wildman–Crippen LogP) is 7.66. The molecule has 2 atom stereocenters. The second-order valence-electron chi connectivity index (χ2n) is 12.8. The molecule has 1 amide bonds. The van der Waals surface area contributed by atoms with Gasteiger partial charge in [0.25, 0.3) is 12.9 Å². The SMILES string of the molecule is COc1ccc([C@H](Cc2c(Cl)c[n+]([O-])cc2Cl)OC(=O)c2ccc(CN(C(=O)O[C@H]3CN4CCC3CC4)c3cccc(C(F)F)c3)cc2)cc1OC.O=CO. The van der Waals surface area contributed by atoms with Gasteiger partial charge in [-0.25, -0.2) is 18.4 Å². The third-order valence-electron chi connectivity index (χ3n) is 9.51. The summed E-state index contributed by atoms with van der Waals surface area (Å²) < 4.78 is 50.6. The quantitative estimate of drug-likeness (QED) is 0.0657. The highest BCUT2D eigenvalue weighted by Gasteiger charge is 2.37. The van der Waals surface area contributed by atoms with E-state index in [1.54, 1.807) is 48.5 Å². The van der Waals surface area contributed by atoms with Crippen LogP contribution in [0.1, 0.15) is 58.0 Å². The average Bonchev–Trinajstić information content (AvgIpc) is 3.18. The second-order valence-corrected chi connectivity index (χ2v) is 13.7. The molecule has 12 nitrogen and oxygen atoms in total. The summed E-state index contributed by atoms with van der Waals surface area (Å²) in [5.41, 5.74) is 1.83. The van der Waals surface area contributed by atoms with Gasteiger partial charge in [-0.1, -0.05) is 53.5 Å². The molecule has 3 fully saturated rings. The van der Waals surface area contributed by atoms with Gasteiger partial charge in [-0.05, 0) is 79.4 Å². The molecule has 0 aliphatic carbocycles. The maximum Gasteiger partial charge on any atom is 0.414 e. The van der Waals surface area contributed by atoms with Crippen LogP contribution in [-0.2, 0) is 27.2 Å². The number of anilines is 1. The van der Waals surface area contributed by atoms with Crippen molar-refractivity contribution in [2.75, 3.05) is 38.8 Å². The topological polar surface area (TPSA) is 142 Å². The van der Waals surface area contributed by atoms with Crippen molar-refractivity contribution in [1.82, 2.24) is 4.90 Å². The van der Waals surface area contributed by atoms with E-state index in [0.29, 0.717) is 39.5 Å². The Balaban J connectivity index is 0.00000187. The van der Waals surface area contributed by atoms with Gasteiger partial charge in [0.2, 0.25) is 0 Å².